The van der Waals surface area contributed by atoms with Crippen LogP contribution in [0.5, 0.6) is 5.75 Å². The number of aliphatic imine (C=N–C) groups is 1. The maximum Gasteiger partial charge on any atom is 0.221 e. The van der Waals surface area contributed by atoms with E-state index in [1.165, 1.54) is 18.1 Å². The van der Waals surface area contributed by atoms with E-state index in [2.05, 4.69) is 61.0 Å². The summed E-state index contributed by atoms with van der Waals surface area (Å²) >= 11 is 0. The van der Waals surface area contributed by atoms with Crippen molar-refractivity contribution in [1.29, 1.82) is 0 Å². The number of nitrogens with one attached hydrogen (secondary N) is 3. The Hall–Kier alpha value is -3.02. The first-order valence-electron chi connectivity index (χ1n) is 10.8. The standard InChI is InChI=1S/C25H36N4O2/c1-7-19-9-12-21(13-10-19)25(4,5)17-28-24(26-8-2)27-16-20-11-14-23(31-6)22(15-20)29-18(3)30/h9-15H,7-8,16-17H2,1-6H3,(H,29,30)(H2,26,27,28). The minimum Gasteiger partial charge on any atom is -0.495 e. The van der Waals surface area contributed by atoms with E-state index in [1.807, 2.05) is 25.1 Å². The molecule has 0 aliphatic heterocycles. The number of aryl methyl sites for hydroxylation is 1. The molecule has 2 aromatic rings. The molecule has 0 heterocycles. The molecule has 0 fully saturated rings. The molecule has 31 heavy (non-hydrogen) atoms. The van der Waals surface area contributed by atoms with E-state index in [1.54, 1.807) is 7.11 Å². The number of hydrogen-bond acceptors (Lipinski definition) is 3. The van der Waals surface area contributed by atoms with Gasteiger partial charge in [0.25, 0.3) is 0 Å². The van der Waals surface area contributed by atoms with Crippen LogP contribution in [-0.4, -0.2) is 32.1 Å². The molecule has 0 aliphatic carbocycles. The largest absolute Gasteiger partial charge is 0.495 e. The van der Waals surface area contributed by atoms with Gasteiger partial charge in [-0.1, -0.05) is 51.1 Å². The lowest BCUT2D eigenvalue weighted by Crippen LogP contribution is -2.43. The Bertz CT molecular complexity index is 889. The highest BCUT2D eigenvalue weighted by molar-refractivity contribution is 5.90. The highest BCUT2D eigenvalue weighted by atomic mass is 16.5. The SMILES string of the molecule is CCNC(=NCc1ccc(OC)c(NC(C)=O)c1)NCC(C)(C)c1ccc(CC)cc1. The predicted molar refractivity (Wildman–Crippen MR) is 129 cm³/mol. The Kier molecular flexibility index (Phi) is 8.91. The van der Waals surface area contributed by atoms with Crippen molar-refractivity contribution in [3.8, 4) is 5.75 Å². The van der Waals surface area contributed by atoms with Gasteiger partial charge in [-0.05, 0) is 42.2 Å². The maximum absolute atomic E-state index is 11.5. The van der Waals surface area contributed by atoms with Crippen molar-refractivity contribution in [2.75, 3.05) is 25.5 Å². The van der Waals surface area contributed by atoms with Gasteiger partial charge in [0, 0.05) is 25.4 Å². The van der Waals surface area contributed by atoms with Crippen LogP contribution < -0.4 is 20.7 Å². The summed E-state index contributed by atoms with van der Waals surface area (Å²) in [5, 5.41) is 9.59. The number of nitrogens with zero attached hydrogens (tertiary/aromatic N) is 1. The second-order valence-corrected chi connectivity index (χ2v) is 8.20. The number of anilines is 1. The van der Waals surface area contributed by atoms with Gasteiger partial charge in [0.15, 0.2) is 5.96 Å². The molecular formula is C25H36N4O2. The topological polar surface area (TPSA) is 74.8 Å². The van der Waals surface area contributed by atoms with E-state index in [0.717, 1.165) is 31.0 Å². The lowest BCUT2D eigenvalue weighted by Gasteiger charge is -2.27. The zero-order valence-electron chi connectivity index (χ0n) is 19.6. The van der Waals surface area contributed by atoms with Crippen LogP contribution in [0.15, 0.2) is 47.5 Å². The molecule has 0 radical (unpaired) electrons. The highest BCUT2D eigenvalue weighted by Crippen LogP contribution is 2.26. The monoisotopic (exact) mass is 424 g/mol. The van der Waals surface area contributed by atoms with Crippen LogP contribution in [0.3, 0.4) is 0 Å². The number of methoxy groups -OCH3 is 1. The molecule has 2 rings (SSSR count). The third-order valence-corrected chi connectivity index (χ3v) is 5.18. The minimum absolute atomic E-state index is 0.0405. The number of carbonyl (C=O) groups excluding carboxylic acids is 1. The number of guanidine groups is 1. The molecule has 1 amide bonds. The van der Waals surface area contributed by atoms with Crippen molar-refractivity contribution in [1.82, 2.24) is 10.6 Å². The molecule has 0 aliphatic rings. The van der Waals surface area contributed by atoms with Gasteiger partial charge < -0.3 is 20.7 Å². The first kappa shape index (κ1) is 24.3. The van der Waals surface area contributed by atoms with Crippen molar-refractivity contribution in [3.05, 3.63) is 59.2 Å². The normalized spacial score (nSPS) is 11.7. The number of amides is 1. The summed E-state index contributed by atoms with van der Waals surface area (Å²) in [6, 6.07) is 14.5. The Morgan fingerprint density at radius 2 is 1.71 bits per heavy atom. The lowest BCUT2D eigenvalue weighted by atomic mass is 9.84. The van der Waals surface area contributed by atoms with E-state index in [4.69, 9.17) is 9.73 Å². The van der Waals surface area contributed by atoms with Crippen molar-refractivity contribution in [3.63, 3.8) is 0 Å². The fraction of sp³-hybridized carbons (Fsp3) is 0.440. The fourth-order valence-electron chi connectivity index (χ4n) is 3.25. The number of hydrogen-bond donors (Lipinski definition) is 3. The zero-order valence-corrected chi connectivity index (χ0v) is 19.6. The third-order valence-electron chi connectivity index (χ3n) is 5.18. The first-order chi connectivity index (χ1) is 14.8. The molecule has 0 saturated carbocycles. The number of carbonyl (C=O) groups is 1. The van der Waals surface area contributed by atoms with Gasteiger partial charge in [-0.25, -0.2) is 4.99 Å². The Labute approximate surface area is 186 Å². The van der Waals surface area contributed by atoms with Crippen LogP contribution >= 0.6 is 0 Å². The molecule has 0 aromatic heterocycles. The quantitative estimate of drug-likeness (QED) is 0.416. The smallest absolute Gasteiger partial charge is 0.221 e. The van der Waals surface area contributed by atoms with E-state index >= 15 is 0 Å². The summed E-state index contributed by atoms with van der Waals surface area (Å²) < 4.78 is 5.32. The van der Waals surface area contributed by atoms with Crippen molar-refractivity contribution in [2.24, 2.45) is 4.99 Å². The zero-order chi connectivity index (χ0) is 22.9. The maximum atomic E-state index is 11.5. The second-order valence-electron chi connectivity index (χ2n) is 8.20. The average molecular weight is 425 g/mol. The Morgan fingerprint density at radius 3 is 2.29 bits per heavy atom. The summed E-state index contributed by atoms with van der Waals surface area (Å²) in [4.78, 5) is 16.2. The molecule has 0 spiro atoms. The van der Waals surface area contributed by atoms with Gasteiger partial charge in [-0.3, -0.25) is 4.79 Å². The van der Waals surface area contributed by atoms with Crippen molar-refractivity contribution in [2.45, 2.75) is 53.0 Å². The van der Waals surface area contributed by atoms with Gasteiger partial charge in [-0.15, -0.1) is 0 Å². The van der Waals surface area contributed by atoms with E-state index in [-0.39, 0.29) is 11.3 Å². The molecular weight excluding hydrogens is 388 g/mol. The van der Waals surface area contributed by atoms with Gasteiger partial charge in [0.05, 0.1) is 19.3 Å². The number of ether oxygens (including phenoxy) is 1. The van der Waals surface area contributed by atoms with Gasteiger partial charge in [0.2, 0.25) is 5.91 Å². The van der Waals surface area contributed by atoms with Crippen LogP contribution in [0.4, 0.5) is 5.69 Å². The van der Waals surface area contributed by atoms with E-state index in [0.29, 0.717) is 18.0 Å². The molecule has 0 bridgehead atoms. The highest BCUT2D eigenvalue weighted by Gasteiger charge is 2.21. The first-order valence-corrected chi connectivity index (χ1v) is 10.8. The van der Waals surface area contributed by atoms with Gasteiger partial charge in [-0.2, -0.15) is 0 Å². The van der Waals surface area contributed by atoms with E-state index in [9.17, 15) is 4.79 Å². The van der Waals surface area contributed by atoms with Crippen LogP contribution in [0, 0.1) is 0 Å². The second kappa shape index (κ2) is 11.4. The summed E-state index contributed by atoms with van der Waals surface area (Å²) in [5.41, 5.74) is 4.23. The minimum atomic E-state index is -0.136. The van der Waals surface area contributed by atoms with Crippen LogP contribution in [0.25, 0.3) is 0 Å². The molecule has 0 saturated heterocycles. The van der Waals surface area contributed by atoms with Crippen molar-refractivity contribution < 1.29 is 9.53 Å². The fourth-order valence-corrected chi connectivity index (χ4v) is 3.25. The Morgan fingerprint density at radius 1 is 1.03 bits per heavy atom. The van der Waals surface area contributed by atoms with Crippen LogP contribution in [0.1, 0.15) is 51.3 Å². The molecule has 0 atom stereocenters. The van der Waals surface area contributed by atoms with Gasteiger partial charge in [0.1, 0.15) is 5.75 Å². The van der Waals surface area contributed by atoms with Gasteiger partial charge >= 0.3 is 0 Å². The summed E-state index contributed by atoms with van der Waals surface area (Å²) in [6.45, 7) is 12.2. The average Bonchev–Trinajstić information content (AvgIpc) is 2.75. The molecule has 168 valence electrons. The molecule has 0 unspecified atom stereocenters. The number of benzene rings is 2. The molecule has 2 aromatic carbocycles. The lowest BCUT2D eigenvalue weighted by molar-refractivity contribution is -0.114. The third kappa shape index (κ3) is 7.31. The van der Waals surface area contributed by atoms with E-state index < -0.39 is 0 Å². The predicted octanol–water partition coefficient (Wildman–Crippen LogP) is 4.25. The van der Waals surface area contributed by atoms with Crippen LogP contribution in [-0.2, 0) is 23.2 Å². The molecule has 6 heteroatoms. The van der Waals surface area contributed by atoms with Crippen molar-refractivity contribution >= 4 is 17.6 Å². The number of rotatable bonds is 9. The Balaban J connectivity index is 2.09. The summed E-state index contributed by atoms with van der Waals surface area (Å²) in [5.74, 6) is 1.25. The molecule has 6 nitrogen and oxygen atoms in total. The summed E-state index contributed by atoms with van der Waals surface area (Å²) in [7, 11) is 1.59. The summed E-state index contributed by atoms with van der Waals surface area (Å²) in [6.07, 6.45) is 1.05. The van der Waals surface area contributed by atoms with Crippen LogP contribution in [0.2, 0.25) is 0 Å². The molecule has 3 N–H and O–H groups in total.